The molecule has 3 aromatic rings. The van der Waals surface area contributed by atoms with Gasteiger partial charge in [0, 0.05) is 23.2 Å². The van der Waals surface area contributed by atoms with Gasteiger partial charge in [-0.1, -0.05) is 31.5 Å². The van der Waals surface area contributed by atoms with Crippen molar-refractivity contribution in [2.75, 3.05) is 6.54 Å². The van der Waals surface area contributed by atoms with Gasteiger partial charge >= 0.3 is 0 Å². The molecule has 0 radical (unpaired) electrons. The molecule has 152 valence electrons. The summed E-state index contributed by atoms with van der Waals surface area (Å²) in [6, 6.07) is 19.3. The normalized spacial score (nSPS) is 14.8. The van der Waals surface area contributed by atoms with E-state index < -0.39 is 10.8 Å². The molecule has 1 aliphatic rings. The Morgan fingerprint density at radius 1 is 1.03 bits per heavy atom. The summed E-state index contributed by atoms with van der Waals surface area (Å²) in [4.78, 5) is 18.6. The summed E-state index contributed by atoms with van der Waals surface area (Å²) < 4.78 is 13.3. The Balaban J connectivity index is 1.84. The highest BCUT2D eigenvalue weighted by Crippen LogP contribution is 2.35. The number of benzene rings is 3. The fourth-order valence-corrected chi connectivity index (χ4v) is 4.64. The second-order valence-corrected chi connectivity index (χ2v) is 8.48. The first kappa shape index (κ1) is 20.0. The van der Waals surface area contributed by atoms with Gasteiger partial charge in [-0.2, -0.15) is 0 Å². The van der Waals surface area contributed by atoms with Gasteiger partial charge in [-0.05, 0) is 55.0 Å². The summed E-state index contributed by atoms with van der Waals surface area (Å²) in [7, 11) is -1.43. The highest BCUT2D eigenvalue weighted by atomic mass is 32.2. The lowest BCUT2D eigenvalue weighted by molar-refractivity contribution is 0.0953. The Labute approximate surface area is 178 Å². The molecule has 30 heavy (non-hydrogen) atoms. The van der Waals surface area contributed by atoms with E-state index in [4.69, 9.17) is 4.99 Å². The van der Waals surface area contributed by atoms with E-state index in [1.165, 1.54) is 0 Å². The number of carbonyl (C=O) groups is 1. The largest absolute Gasteiger partial charge is 0.508 e. The average molecular weight is 419 g/mol. The minimum atomic E-state index is -1.43. The Hall–Kier alpha value is -3.25. The Morgan fingerprint density at radius 2 is 1.80 bits per heavy atom. The van der Waals surface area contributed by atoms with Gasteiger partial charge < -0.3 is 10.4 Å². The summed E-state index contributed by atoms with van der Waals surface area (Å²) in [5.74, 6) is -0.00329. The fourth-order valence-electron chi connectivity index (χ4n) is 3.35. The van der Waals surface area contributed by atoms with Crippen LogP contribution < -0.4 is 5.32 Å². The van der Waals surface area contributed by atoms with Gasteiger partial charge in [0.1, 0.15) is 5.75 Å². The number of phenolic OH excluding ortho intramolecular Hbond substituents is 1. The summed E-state index contributed by atoms with van der Waals surface area (Å²) in [6.07, 6.45) is 1.92. The van der Waals surface area contributed by atoms with Crippen LogP contribution in [-0.2, 0) is 10.8 Å². The van der Waals surface area contributed by atoms with Crippen LogP contribution in [0.25, 0.3) is 0 Å². The maximum absolute atomic E-state index is 13.3. The van der Waals surface area contributed by atoms with Crippen LogP contribution in [0.15, 0.2) is 81.5 Å². The molecule has 1 amide bonds. The molecule has 4 rings (SSSR count). The lowest BCUT2D eigenvalue weighted by atomic mass is 10.0. The molecule has 1 atom stereocenters. The molecule has 5 nitrogen and oxygen atoms in total. The summed E-state index contributed by atoms with van der Waals surface area (Å²) >= 11 is 0. The third-order valence-corrected chi connectivity index (χ3v) is 6.45. The Bertz CT molecular complexity index is 1150. The first-order valence-corrected chi connectivity index (χ1v) is 11.0. The van der Waals surface area contributed by atoms with E-state index >= 15 is 0 Å². The minimum absolute atomic E-state index is 0.163. The molecule has 0 spiro atoms. The van der Waals surface area contributed by atoms with E-state index in [0.29, 0.717) is 33.3 Å². The van der Waals surface area contributed by atoms with Crippen LogP contribution in [0.5, 0.6) is 5.75 Å². The topological polar surface area (TPSA) is 78.8 Å². The quantitative estimate of drug-likeness (QED) is 0.466. The van der Waals surface area contributed by atoms with Crippen LogP contribution in [0.1, 0.15) is 41.3 Å². The lowest BCUT2D eigenvalue weighted by Crippen LogP contribution is -2.24. The smallest absolute Gasteiger partial charge is 0.251 e. The molecule has 1 aliphatic heterocycles. The van der Waals surface area contributed by atoms with Crippen molar-refractivity contribution in [3.63, 3.8) is 0 Å². The van der Waals surface area contributed by atoms with Crippen LogP contribution in [0.4, 0.5) is 5.69 Å². The Morgan fingerprint density at radius 3 is 2.57 bits per heavy atom. The number of carbonyl (C=O) groups excluding carboxylic acids is 1. The molecule has 1 unspecified atom stereocenters. The number of hydrogen-bond donors (Lipinski definition) is 2. The van der Waals surface area contributed by atoms with E-state index in [1.807, 2.05) is 24.3 Å². The molecule has 0 saturated heterocycles. The molecule has 0 aromatic heterocycles. The number of aliphatic imine (C=N–C) groups is 1. The van der Waals surface area contributed by atoms with Gasteiger partial charge in [-0.15, -0.1) is 0 Å². The number of aromatic hydroxyl groups is 1. The molecule has 2 N–H and O–H groups in total. The van der Waals surface area contributed by atoms with Crippen LogP contribution in [0.3, 0.4) is 0 Å². The van der Waals surface area contributed by atoms with E-state index in [2.05, 4.69) is 12.2 Å². The second-order valence-electron chi connectivity index (χ2n) is 7.06. The number of nitrogens with zero attached hydrogens (tertiary/aromatic N) is 1. The number of nitrogens with one attached hydrogen (secondary N) is 1. The predicted octanol–water partition coefficient (Wildman–Crippen LogP) is 4.57. The Kier molecular flexibility index (Phi) is 5.77. The van der Waals surface area contributed by atoms with Crippen molar-refractivity contribution < 1.29 is 14.1 Å². The molecular formula is C24H22N2O3S. The zero-order chi connectivity index (χ0) is 21.1. The zero-order valence-corrected chi connectivity index (χ0v) is 17.4. The highest BCUT2D eigenvalue weighted by molar-refractivity contribution is 7.85. The molecule has 6 heteroatoms. The number of phenols is 1. The van der Waals surface area contributed by atoms with E-state index in [1.54, 1.807) is 42.5 Å². The second kappa shape index (κ2) is 8.63. The van der Waals surface area contributed by atoms with Gasteiger partial charge in [0.05, 0.1) is 32.0 Å². The molecule has 0 saturated carbocycles. The number of unbranched alkanes of at least 4 members (excludes halogenated alkanes) is 1. The van der Waals surface area contributed by atoms with E-state index in [-0.39, 0.29) is 11.7 Å². The summed E-state index contributed by atoms with van der Waals surface area (Å²) in [6.45, 7) is 2.69. The van der Waals surface area contributed by atoms with Gasteiger partial charge in [0.2, 0.25) is 0 Å². The van der Waals surface area contributed by atoms with Gasteiger partial charge in [-0.3, -0.25) is 4.79 Å². The van der Waals surface area contributed by atoms with Crippen molar-refractivity contribution in [3.8, 4) is 5.75 Å². The third-order valence-electron chi connectivity index (χ3n) is 4.95. The molecule has 0 fully saturated rings. The van der Waals surface area contributed by atoms with Crippen molar-refractivity contribution in [2.45, 2.75) is 29.6 Å². The minimum Gasteiger partial charge on any atom is -0.508 e. The first-order valence-electron chi connectivity index (χ1n) is 9.90. The van der Waals surface area contributed by atoms with Gasteiger partial charge in [0.15, 0.2) is 0 Å². The maximum Gasteiger partial charge on any atom is 0.251 e. The average Bonchev–Trinajstić information content (AvgIpc) is 2.89. The number of rotatable bonds is 5. The summed E-state index contributed by atoms with van der Waals surface area (Å²) in [5, 5.41) is 12.6. The van der Waals surface area contributed by atoms with Gasteiger partial charge in [0.25, 0.3) is 5.91 Å². The van der Waals surface area contributed by atoms with Crippen molar-refractivity contribution >= 4 is 28.1 Å². The standard InChI is InChI=1S/C24H22N2O3S/c1-2-3-14-25-24(28)17-10-13-22-20(15-17)26-23(16-8-11-18(27)12-9-16)19-6-4-5-7-21(19)30(22)29/h4-13,15,27H,2-3,14H2,1H3,(H,25,28). The van der Waals surface area contributed by atoms with Crippen molar-refractivity contribution in [3.05, 3.63) is 83.4 Å². The molecule has 1 heterocycles. The molecule has 0 bridgehead atoms. The molecule has 3 aromatic carbocycles. The third kappa shape index (κ3) is 3.91. The van der Waals surface area contributed by atoms with E-state index in [9.17, 15) is 14.1 Å². The SMILES string of the molecule is CCCCNC(=O)c1ccc2c(c1)N=C(c1ccc(O)cc1)c1ccccc1S2=O. The lowest BCUT2D eigenvalue weighted by Gasteiger charge is -2.09. The van der Waals surface area contributed by atoms with Crippen molar-refractivity contribution in [2.24, 2.45) is 4.99 Å². The fraction of sp³-hybridized carbons (Fsp3) is 0.167. The summed E-state index contributed by atoms with van der Waals surface area (Å²) in [5.41, 5.74) is 3.22. The monoisotopic (exact) mass is 418 g/mol. The first-order chi connectivity index (χ1) is 14.6. The highest BCUT2D eigenvalue weighted by Gasteiger charge is 2.24. The van der Waals surface area contributed by atoms with Crippen LogP contribution in [0.2, 0.25) is 0 Å². The molecular weight excluding hydrogens is 396 g/mol. The predicted molar refractivity (Wildman–Crippen MR) is 118 cm³/mol. The van der Waals surface area contributed by atoms with Crippen LogP contribution in [0, 0.1) is 0 Å². The van der Waals surface area contributed by atoms with Crippen molar-refractivity contribution in [1.82, 2.24) is 5.32 Å². The van der Waals surface area contributed by atoms with Crippen LogP contribution in [-0.4, -0.2) is 27.5 Å². The maximum atomic E-state index is 13.3. The molecule has 0 aliphatic carbocycles. The number of amides is 1. The zero-order valence-electron chi connectivity index (χ0n) is 16.6. The van der Waals surface area contributed by atoms with Gasteiger partial charge in [-0.25, -0.2) is 9.20 Å². The number of hydrogen-bond acceptors (Lipinski definition) is 4. The number of fused-ring (bicyclic) bond motifs is 2. The van der Waals surface area contributed by atoms with Crippen molar-refractivity contribution in [1.29, 1.82) is 0 Å². The van der Waals surface area contributed by atoms with Crippen LogP contribution >= 0.6 is 0 Å². The van der Waals surface area contributed by atoms with E-state index in [0.717, 1.165) is 24.0 Å².